The molecule has 0 spiro atoms. The summed E-state index contributed by atoms with van der Waals surface area (Å²) in [4.78, 5) is 29.3. The zero-order valence-electron chi connectivity index (χ0n) is 29.1. The van der Waals surface area contributed by atoms with Gasteiger partial charge in [-0.2, -0.15) is 0 Å². The van der Waals surface area contributed by atoms with Gasteiger partial charge in [-0.25, -0.2) is 9.80 Å². The highest BCUT2D eigenvalue weighted by Gasteiger charge is 2.30. The van der Waals surface area contributed by atoms with Crippen LogP contribution in [0.1, 0.15) is 59.7 Å². The molecule has 4 aromatic rings. The molecule has 6 rings (SSSR count). The Morgan fingerprint density at radius 3 is 2.20 bits per heavy atom. The van der Waals surface area contributed by atoms with Gasteiger partial charge in [0.25, 0.3) is 0 Å². The van der Waals surface area contributed by atoms with Crippen molar-refractivity contribution in [2.24, 2.45) is 0 Å². The van der Waals surface area contributed by atoms with Crippen molar-refractivity contribution >= 4 is 68.4 Å². The lowest BCUT2D eigenvalue weighted by atomic mass is 10.0. The van der Waals surface area contributed by atoms with Crippen molar-refractivity contribution in [2.75, 3.05) is 54.1 Å². The lowest BCUT2D eigenvalue weighted by molar-refractivity contribution is -0.117. The van der Waals surface area contributed by atoms with Gasteiger partial charge >= 0.3 is 5.97 Å². The molecule has 0 aromatic heterocycles. The molecule has 2 heterocycles. The largest absolute Gasteiger partial charge is 0.496 e. The molecule has 0 atom stereocenters. The maximum absolute atomic E-state index is 14.5. The molecule has 0 bridgehead atoms. The Hall–Kier alpha value is -3.60. The van der Waals surface area contributed by atoms with Crippen LogP contribution in [0.15, 0.2) is 83.3 Å². The number of hydrogen-bond donors (Lipinski definition) is 1. The number of aryl methyl sites for hydroxylation is 1. The fraction of sp³-hybridized carbons (Fsp3) is 0.350. The molecular formula is C40H44BrN3O4S2. The number of para-hydroxylation sites is 1. The van der Waals surface area contributed by atoms with E-state index in [1.807, 2.05) is 48.6 Å². The third kappa shape index (κ3) is 7.98. The number of piperidine rings is 1. The number of hydrazine groups is 1. The van der Waals surface area contributed by atoms with E-state index in [1.54, 1.807) is 17.1 Å². The van der Waals surface area contributed by atoms with Crippen molar-refractivity contribution in [3.05, 3.63) is 106 Å². The molecule has 2 fully saturated rings. The first-order valence-corrected chi connectivity index (χ1v) is 19.8. The number of benzene rings is 4. The Morgan fingerprint density at radius 2 is 1.56 bits per heavy atom. The van der Waals surface area contributed by atoms with E-state index in [9.17, 15) is 9.59 Å². The van der Waals surface area contributed by atoms with Crippen molar-refractivity contribution in [1.29, 1.82) is 0 Å². The zero-order valence-corrected chi connectivity index (χ0v) is 32.3. The van der Waals surface area contributed by atoms with E-state index < -0.39 is 5.97 Å². The molecule has 1 amide bonds. The monoisotopic (exact) mass is 773 g/mol. The third-order valence-corrected chi connectivity index (χ3v) is 13.4. The molecule has 10 heteroatoms. The molecule has 7 nitrogen and oxygen atoms in total. The molecule has 0 unspecified atom stereocenters. The highest BCUT2D eigenvalue weighted by molar-refractivity contribution is 9.10. The fourth-order valence-electron chi connectivity index (χ4n) is 6.61. The topological polar surface area (TPSA) is 71.1 Å². The van der Waals surface area contributed by atoms with Crippen LogP contribution in [-0.2, 0) is 20.0 Å². The van der Waals surface area contributed by atoms with Crippen LogP contribution >= 0.6 is 39.5 Å². The van der Waals surface area contributed by atoms with Crippen LogP contribution in [0.25, 0.3) is 11.1 Å². The van der Waals surface area contributed by atoms with Gasteiger partial charge in [-0.3, -0.25) is 10.2 Å². The second-order valence-corrected chi connectivity index (χ2v) is 16.9. The van der Waals surface area contributed by atoms with Crippen LogP contribution in [0.2, 0.25) is 0 Å². The Labute approximate surface area is 312 Å². The van der Waals surface area contributed by atoms with Gasteiger partial charge < -0.3 is 14.4 Å². The zero-order chi connectivity index (χ0) is 35.3. The number of amides is 1. The average Bonchev–Trinajstić information content (AvgIpc) is 3.15. The van der Waals surface area contributed by atoms with Crippen LogP contribution in [0.4, 0.5) is 17.1 Å². The summed E-state index contributed by atoms with van der Waals surface area (Å²) >= 11 is 7.67. The third-order valence-electron chi connectivity index (χ3n) is 9.41. The van der Waals surface area contributed by atoms with Crippen molar-refractivity contribution < 1.29 is 19.1 Å². The standard InChI is InChI=1S/C40H44BrN3O4S2/c1-27-10-8-11-35(43-20-6-5-7-21-43)38(27)44(37(45)25-30-24-36(47-3)33(26-34(30)41)39(46)48-4)42-32-18-14-29(15-19-32)28-12-16-31(17-13-28)40(2)49-22-9-23-50-40/h8,10-19,24,26,42H,5-7,9,20-23,25H2,1-4H3. The van der Waals surface area contributed by atoms with Crippen molar-refractivity contribution in [3.8, 4) is 16.9 Å². The Kier molecular flexibility index (Phi) is 11.7. The number of halogens is 1. The first-order valence-electron chi connectivity index (χ1n) is 17.1. The van der Waals surface area contributed by atoms with E-state index in [0.717, 1.165) is 59.7 Å². The Balaban J connectivity index is 1.31. The Bertz CT molecular complexity index is 1820. The van der Waals surface area contributed by atoms with Gasteiger partial charge in [-0.1, -0.05) is 64.5 Å². The number of nitrogens with one attached hydrogen (secondary N) is 1. The number of methoxy groups -OCH3 is 2. The van der Waals surface area contributed by atoms with Gasteiger partial charge in [0.1, 0.15) is 11.3 Å². The van der Waals surface area contributed by atoms with Crippen LogP contribution < -0.4 is 20.1 Å². The minimum Gasteiger partial charge on any atom is -0.496 e. The number of carbonyl (C=O) groups is 2. The van der Waals surface area contributed by atoms with Crippen LogP contribution in [0.5, 0.6) is 5.75 Å². The predicted octanol–water partition coefficient (Wildman–Crippen LogP) is 9.86. The second kappa shape index (κ2) is 16.2. The van der Waals surface area contributed by atoms with E-state index in [1.165, 1.54) is 44.1 Å². The summed E-state index contributed by atoms with van der Waals surface area (Å²) in [6.45, 7) is 6.27. The van der Waals surface area contributed by atoms with Gasteiger partial charge in [0.05, 0.1) is 41.8 Å². The highest BCUT2D eigenvalue weighted by atomic mass is 79.9. The van der Waals surface area contributed by atoms with E-state index in [-0.39, 0.29) is 22.0 Å². The molecular weight excluding hydrogens is 730 g/mol. The normalized spacial score (nSPS) is 15.7. The second-order valence-electron chi connectivity index (χ2n) is 12.8. The molecule has 2 saturated heterocycles. The highest BCUT2D eigenvalue weighted by Crippen LogP contribution is 2.50. The van der Waals surface area contributed by atoms with Gasteiger partial charge in [-0.15, -0.1) is 23.5 Å². The maximum Gasteiger partial charge on any atom is 0.341 e. The van der Waals surface area contributed by atoms with Crippen molar-refractivity contribution in [2.45, 2.75) is 50.0 Å². The van der Waals surface area contributed by atoms with E-state index in [4.69, 9.17) is 9.47 Å². The smallest absolute Gasteiger partial charge is 0.341 e. The number of hydrogen-bond acceptors (Lipinski definition) is 8. The molecule has 2 aliphatic rings. The Morgan fingerprint density at radius 1 is 0.900 bits per heavy atom. The van der Waals surface area contributed by atoms with E-state index in [2.05, 4.69) is 81.7 Å². The molecule has 4 aromatic carbocycles. The molecule has 2 aliphatic heterocycles. The van der Waals surface area contributed by atoms with Gasteiger partial charge in [0.2, 0.25) is 5.91 Å². The number of thioether (sulfide) groups is 2. The predicted molar refractivity (Wildman–Crippen MR) is 213 cm³/mol. The number of nitrogens with zero attached hydrogens (tertiary/aromatic N) is 2. The first-order chi connectivity index (χ1) is 24.2. The van der Waals surface area contributed by atoms with Crippen molar-refractivity contribution in [3.63, 3.8) is 0 Å². The van der Waals surface area contributed by atoms with Crippen molar-refractivity contribution in [1.82, 2.24) is 0 Å². The summed E-state index contributed by atoms with van der Waals surface area (Å²) in [7, 11) is 2.83. The molecule has 262 valence electrons. The number of esters is 1. The number of carbonyl (C=O) groups excluding carboxylic acids is 2. The maximum atomic E-state index is 14.5. The summed E-state index contributed by atoms with van der Waals surface area (Å²) in [5.74, 6) is 2.09. The first kappa shape index (κ1) is 36.2. The number of anilines is 3. The number of ether oxygens (including phenoxy) is 2. The van der Waals surface area contributed by atoms with E-state index in [0.29, 0.717) is 15.8 Å². The quantitative estimate of drug-likeness (QED) is 0.126. The molecule has 0 saturated carbocycles. The number of rotatable bonds is 10. The summed E-state index contributed by atoms with van der Waals surface area (Å²) in [5.41, 5.74) is 11.7. The van der Waals surface area contributed by atoms with Gasteiger partial charge in [0.15, 0.2) is 0 Å². The van der Waals surface area contributed by atoms with E-state index >= 15 is 0 Å². The lowest BCUT2D eigenvalue weighted by Gasteiger charge is -2.35. The van der Waals surface area contributed by atoms with Crippen LogP contribution in [-0.4, -0.2) is 50.7 Å². The SMILES string of the molecule is COC(=O)c1cc(Br)c(CC(=O)N(Nc2ccc(-c3ccc(C4(C)SCCCS4)cc3)cc2)c2c(C)cccc2N2CCCCC2)cc1OC. The lowest BCUT2D eigenvalue weighted by Crippen LogP contribution is -2.40. The molecule has 1 N–H and O–H groups in total. The molecule has 50 heavy (non-hydrogen) atoms. The summed E-state index contributed by atoms with van der Waals surface area (Å²) in [6, 6.07) is 26.8. The fourth-order valence-corrected chi connectivity index (χ4v) is 10.1. The van der Waals surface area contributed by atoms with Crippen LogP contribution in [0, 0.1) is 6.92 Å². The minimum atomic E-state index is -0.509. The summed E-state index contributed by atoms with van der Waals surface area (Å²) in [5, 5.41) is 1.69. The molecule has 0 aliphatic carbocycles. The molecule has 0 radical (unpaired) electrons. The average molecular weight is 775 g/mol. The van der Waals surface area contributed by atoms with Crippen LogP contribution in [0.3, 0.4) is 0 Å². The summed E-state index contributed by atoms with van der Waals surface area (Å²) in [6.07, 6.45) is 4.77. The van der Waals surface area contributed by atoms with Gasteiger partial charge in [-0.05, 0) is 109 Å². The minimum absolute atomic E-state index is 0.0547. The van der Waals surface area contributed by atoms with Gasteiger partial charge in [0, 0.05) is 17.6 Å². The summed E-state index contributed by atoms with van der Waals surface area (Å²) < 4.78 is 11.2.